The lowest BCUT2D eigenvalue weighted by atomic mass is 9.83. The van der Waals surface area contributed by atoms with Crippen LogP contribution in [0.1, 0.15) is 20.8 Å². The normalized spacial score (nSPS) is 11.5. The second-order valence-corrected chi connectivity index (χ2v) is 3.28. The molecule has 0 heterocycles. The van der Waals surface area contributed by atoms with Crippen molar-refractivity contribution in [1.82, 2.24) is 0 Å². The van der Waals surface area contributed by atoms with Crippen molar-refractivity contribution >= 4 is 11.9 Å². The number of carbonyl (C=O) groups excluding carboxylic acids is 2. The van der Waals surface area contributed by atoms with Crippen LogP contribution in [0.5, 0.6) is 0 Å². The first kappa shape index (κ1) is 15.4. The summed E-state index contributed by atoms with van der Waals surface area (Å²) in [5.74, 6) is -5.66. The Morgan fingerprint density at radius 1 is 1.18 bits per heavy atom. The third-order valence-electron chi connectivity index (χ3n) is 2.18. The number of halogens is 2. The molecule has 0 saturated carbocycles. The van der Waals surface area contributed by atoms with E-state index in [1.807, 2.05) is 0 Å². The Kier molecular flexibility index (Phi) is 5.08. The molecule has 0 fully saturated rings. The van der Waals surface area contributed by atoms with Crippen molar-refractivity contribution < 1.29 is 27.8 Å². The van der Waals surface area contributed by atoms with E-state index in [0.717, 1.165) is 5.92 Å². The summed E-state index contributed by atoms with van der Waals surface area (Å²) < 4.78 is 35.9. The molecule has 0 aliphatic rings. The van der Waals surface area contributed by atoms with Crippen molar-refractivity contribution in [3.63, 3.8) is 0 Å². The van der Waals surface area contributed by atoms with Gasteiger partial charge in [0.2, 0.25) is 5.41 Å². The maximum atomic E-state index is 13.5. The number of hydrogen-bond donors (Lipinski definition) is 0. The van der Waals surface area contributed by atoms with Crippen LogP contribution in [0, 0.1) is 17.8 Å². The highest BCUT2D eigenvalue weighted by Gasteiger charge is 2.62. The first-order chi connectivity index (χ1) is 7.77. The molecule has 0 atom stereocenters. The Labute approximate surface area is 98.3 Å². The fourth-order valence-electron chi connectivity index (χ4n) is 1.03. The second kappa shape index (κ2) is 5.62. The van der Waals surface area contributed by atoms with Gasteiger partial charge in [0.05, 0.1) is 13.2 Å². The summed E-state index contributed by atoms with van der Waals surface area (Å²) >= 11 is 0. The zero-order chi connectivity index (χ0) is 13.7. The lowest BCUT2D eigenvalue weighted by Crippen LogP contribution is -2.52. The Morgan fingerprint density at radius 2 is 1.53 bits per heavy atom. The second-order valence-electron chi connectivity index (χ2n) is 3.28. The summed E-state index contributed by atoms with van der Waals surface area (Å²) in [5.41, 5.74) is -2.83. The van der Waals surface area contributed by atoms with E-state index in [2.05, 4.69) is 15.9 Å². The number of esters is 2. The van der Waals surface area contributed by atoms with Crippen LogP contribution in [0.3, 0.4) is 0 Å². The van der Waals surface area contributed by atoms with Gasteiger partial charge in [0.25, 0.3) is 0 Å². The van der Waals surface area contributed by atoms with E-state index >= 15 is 0 Å². The lowest BCUT2D eigenvalue weighted by Gasteiger charge is -2.29. The van der Waals surface area contributed by atoms with Crippen LogP contribution < -0.4 is 0 Å². The van der Waals surface area contributed by atoms with Gasteiger partial charge in [0.1, 0.15) is 0 Å². The molecule has 0 rings (SSSR count). The number of alkyl halides is 2. The summed E-state index contributed by atoms with van der Waals surface area (Å²) in [6.45, 7) is 3.28. The predicted octanol–water partition coefficient (Wildman–Crippen LogP) is 1.39. The predicted molar refractivity (Wildman–Crippen MR) is 55.2 cm³/mol. The third kappa shape index (κ3) is 2.73. The summed E-state index contributed by atoms with van der Waals surface area (Å²) in [7, 11) is 0. The van der Waals surface area contributed by atoms with Gasteiger partial charge in [0, 0.05) is 0 Å². The van der Waals surface area contributed by atoms with Gasteiger partial charge in [-0.3, -0.25) is 9.59 Å². The van der Waals surface area contributed by atoms with E-state index in [9.17, 15) is 18.4 Å². The van der Waals surface area contributed by atoms with Gasteiger partial charge in [-0.05, 0) is 26.7 Å². The number of carbonyl (C=O) groups is 2. The van der Waals surface area contributed by atoms with Gasteiger partial charge in [-0.2, -0.15) is 8.78 Å². The maximum absolute atomic E-state index is 13.5. The lowest BCUT2D eigenvalue weighted by molar-refractivity contribution is -0.189. The van der Waals surface area contributed by atoms with E-state index in [1.54, 1.807) is 0 Å². The van der Waals surface area contributed by atoms with Crippen molar-refractivity contribution in [3.05, 3.63) is 0 Å². The van der Waals surface area contributed by atoms with Crippen molar-refractivity contribution in [2.45, 2.75) is 26.7 Å². The van der Waals surface area contributed by atoms with Crippen LogP contribution in [0.25, 0.3) is 0 Å². The van der Waals surface area contributed by atoms with Crippen LogP contribution in [0.4, 0.5) is 8.78 Å². The minimum atomic E-state index is -3.98. The summed E-state index contributed by atoms with van der Waals surface area (Å²) in [6, 6.07) is 0. The highest BCUT2D eigenvalue weighted by Crippen LogP contribution is 2.38. The third-order valence-corrected chi connectivity index (χ3v) is 2.18. The van der Waals surface area contributed by atoms with Gasteiger partial charge >= 0.3 is 17.9 Å². The molecule has 0 saturated heterocycles. The molecule has 0 aromatic carbocycles. The Morgan fingerprint density at radius 3 is 1.76 bits per heavy atom. The highest BCUT2D eigenvalue weighted by atomic mass is 19.3. The molecule has 96 valence electrons. The Hall–Kier alpha value is -1.64. The molecular formula is C11H14F2O4. The minimum Gasteiger partial charge on any atom is -0.465 e. The molecule has 0 unspecified atom stereocenters. The minimum absolute atomic E-state index is 0.144. The highest BCUT2D eigenvalue weighted by molar-refractivity contribution is 6.01. The number of ether oxygens (including phenoxy) is 2. The SMILES string of the molecule is C#CC(F)(F)C(C)(C(=O)OCC)C(=O)OCC. The summed E-state index contributed by atoms with van der Waals surface area (Å²) in [6.07, 6.45) is 4.64. The molecule has 0 amide bonds. The van der Waals surface area contributed by atoms with Gasteiger partial charge in [-0.1, -0.05) is 0 Å². The molecule has 17 heavy (non-hydrogen) atoms. The fraction of sp³-hybridized carbons (Fsp3) is 0.636. The summed E-state index contributed by atoms with van der Waals surface area (Å²) in [5, 5.41) is 0. The van der Waals surface area contributed by atoms with Gasteiger partial charge in [0.15, 0.2) is 0 Å². The number of terminal acetylenes is 1. The van der Waals surface area contributed by atoms with Crippen LogP contribution in [0.2, 0.25) is 0 Å². The first-order valence-corrected chi connectivity index (χ1v) is 4.97. The van der Waals surface area contributed by atoms with Crippen LogP contribution >= 0.6 is 0 Å². The summed E-state index contributed by atoms with van der Waals surface area (Å²) in [4.78, 5) is 23.0. The van der Waals surface area contributed by atoms with Crippen LogP contribution in [0.15, 0.2) is 0 Å². The molecule has 0 N–H and O–H groups in total. The molecule has 0 aliphatic carbocycles. The molecule has 0 aromatic rings. The zero-order valence-electron chi connectivity index (χ0n) is 9.88. The van der Waals surface area contributed by atoms with E-state index in [-0.39, 0.29) is 13.2 Å². The average Bonchev–Trinajstić information content (AvgIpc) is 2.28. The molecule has 0 radical (unpaired) electrons. The molecule has 4 nitrogen and oxygen atoms in total. The molecule has 0 spiro atoms. The Balaban J connectivity index is 5.45. The van der Waals surface area contributed by atoms with Crippen molar-refractivity contribution in [2.24, 2.45) is 5.41 Å². The largest absolute Gasteiger partial charge is 0.465 e. The number of hydrogen-bond acceptors (Lipinski definition) is 4. The molecular weight excluding hydrogens is 234 g/mol. The Bertz CT molecular complexity index is 326. The van der Waals surface area contributed by atoms with Crippen LogP contribution in [-0.4, -0.2) is 31.1 Å². The van der Waals surface area contributed by atoms with Crippen LogP contribution in [-0.2, 0) is 19.1 Å². The molecule has 0 aliphatic heterocycles. The van der Waals surface area contributed by atoms with Gasteiger partial charge in [-0.25, -0.2) is 0 Å². The fourth-order valence-corrected chi connectivity index (χ4v) is 1.03. The molecule has 0 bridgehead atoms. The first-order valence-electron chi connectivity index (χ1n) is 4.97. The maximum Gasteiger partial charge on any atom is 0.334 e. The van der Waals surface area contributed by atoms with Crippen molar-refractivity contribution in [3.8, 4) is 12.3 Å². The van der Waals surface area contributed by atoms with E-state index in [0.29, 0.717) is 6.92 Å². The van der Waals surface area contributed by atoms with E-state index in [1.165, 1.54) is 13.8 Å². The van der Waals surface area contributed by atoms with E-state index in [4.69, 9.17) is 0 Å². The van der Waals surface area contributed by atoms with Gasteiger partial charge in [-0.15, -0.1) is 6.42 Å². The monoisotopic (exact) mass is 248 g/mol. The smallest absolute Gasteiger partial charge is 0.334 e. The average molecular weight is 248 g/mol. The topological polar surface area (TPSA) is 52.6 Å². The molecule has 6 heteroatoms. The standard InChI is InChI=1S/C11H14F2O4/c1-5-11(12,13)10(4,8(14)16-6-2)9(15)17-7-3/h1H,6-7H2,2-4H3. The number of rotatable bonds is 5. The zero-order valence-corrected chi connectivity index (χ0v) is 9.88. The van der Waals surface area contributed by atoms with Crippen molar-refractivity contribution in [1.29, 1.82) is 0 Å². The molecule has 0 aromatic heterocycles. The van der Waals surface area contributed by atoms with Gasteiger partial charge < -0.3 is 9.47 Å². The van der Waals surface area contributed by atoms with E-state index < -0.39 is 23.3 Å². The van der Waals surface area contributed by atoms with Crippen molar-refractivity contribution in [2.75, 3.05) is 13.2 Å². The quantitative estimate of drug-likeness (QED) is 0.419.